The second-order valence-electron chi connectivity index (χ2n) is 5.28. The first-order valence-electron chi connectivity index (χ1n) is 7.03. The maximum atomic E-state index is 5.85. The van der Waals surface area contributed by atoms with Crippen molar-refractivity contribution in [3.63, 3.8) is 0 Å². The van der Waals surface area contributed by atoms with Crippen molar-refractivity contribution in [3.05, 3.63) is 36.0 Å². The number of aryl methyl sites for hydroxylation is 1. The van der Waals surface area contributed by atoms with E-state index in [1.807, 2.05) is 6.92 Å². The first-order chi connectivity index (χ1) is 9.20. The highest BCUT2D eigenvalue weighted by molar-refractivity contribution is 5.80. The number of fused-ring (bicyclic) bond motifs is 1. The summed E-state index contributed by atoms with van der Waals surface area (Å²) < 4.78 is 7.40. The Morgan fingerprint density at radius 2 is 2.11 bits per heavy atom. The minimum absolute atomic E-state index is 0.216. The third-order valence-electron chi connectivity index (χ3n) is 3.39. The van der Waals surface area contributed by atoms with Gasteiger partial charge in [0.25, 0.3) is 0 Å². The summed E-state index contributed by atoms with van der Waals surface area (Å²) in [4.78, 5) is 0. The van der Waals surface area contributed by atoms with Gasteiger partial charge in [-0.25, -0.2) is 0 Å². The Hall–Kier alpha value is -1.32. The van der Waals surface area contributed by atoms with Crippen molar-refractivity contribution >= 4 is 10.9 Å². The molecule has 1 unspecified atom stereocenters. The van der Waals surface area contributed by atoms with Gasteiger partial charge in [-0.1, -0.05) is 6.07 Å². The van der Waals surface area contributed by atoms with Crippen molar-refractivity contribution in [2.45, 2.75) is 38.8 Å². The van der Waals surface area contributed by atoms with Gasteiger partial charge in [-0.15, -0.1) is 0 Å². The van der Waals surface area contributed by atoms with Crippen LogP contribution in [-0.4, -0.2) is 24.3 Å². The number of benzene rings is 1. The molecule has 1 aromatic carbocycles. The van der Waals surface area contributed by atoms with Gasteiger partial charge >= 0.3 is 0 Å². The highest BCUT2D eigenvalue weighted by atomic mass is 16.5. The van der Waals surface area contributed by atoms with E-state index in [4.69, 9.17) is 10.5 Å². The molecule has 104 valence electrons. The summed E-state index contributed by atoms with van der Waals surface area (Å²) in [6.07, 6.45) is 5.38. The Kier molecular flexibility index (Phi) is 5.00. The van der Waals surface area contributed by atoms with Gasteiger partial charge in [-0.05, 0) is 55.3 Å². The average Bonchev–Trinajstić information content (AvgIpc) is 2.76. The summed E-state index contributed by atoms with van der Waals surface area (Å²) in [5.74, 6) is 0. The molecule has 0 saturated heterocycles. The van der Waals surface area contributed by atoms with E-state index in [0.29, 0.717) is 0 Å². The van der Waals surface area contributed by atoms with E-state index >= 15 is 0 Å². The Morgan fingerprint density at radius 1 is 1.26 bits per heavy atom. The molecular weight excluding hydrogens is 236 g/mol. The van der Waals surface area contributed by atoms with Crippen LogP contribution in [-0.2, 0) is 17.7 Å². The van der Waals surface area contributed by atoms with E-state index in [2.05, 4.69) is 35.0 Å². The predicted molar refractivity (Wildman–Crippen MR) is 80.4 cm³/mol. The number of rotatable bonds is 7. The molecule has 0 aliphatic carbocycles. The van der Waals surface area contributed by atoms with E-state index in [1.54, 1.807) is 7.11 Å². The fraction of sp³-hybridized carbons (Fsp3) is 0.500. The van der Waals surface area contributed by atoms with Gasteiger partial charge in [-0.3, -0.25) is 0 Å². The molecule has 1 atom stereocenters. The molecule has 2 rings (SSSR count). The predicted octanol–water partition coefficient (Wildman–Crippen LogP) is 2.96. The number of ether oxygens (including phenoxy) is 1. The van der Waals surface area contributed by atoms with Crippen LogP contribution in [0.3, 0.4) is 0 Å². The lowest BCUT2D eigenvalue weighted by Gasteiger charge is -2.08. The molecule has 1 heterocycles. The molecule has 3 heteroatoms. The molecule has 0 saturated carbocycles. The zero-order valence-corrected chi connectivity index (χ0v) is 11.9. The lowest BCUT2D eigenvalue weighted by atomic mass is 10.1. The number of nitrogens with zero attached hydrogens (tertiary/aromatic N) is 1. The van der Waals surface area contributed by atoms with E-state index in [1.165, 1.54) is 16.5 Å². The van der Waals surface area contributed by atoms with Crippen LogP contribution in [0.5, 0.6) is 0 Å². The normalized spacial score (nSPS) is 13.0. The zero-order chi connectivity index (χ0) is 13.7. The maximum absolute atomic E-state index is 5.85. The summed E-state index contributed by atoms with van der Waals surface area (Å²) >= 11 is 0. The summed E-state index contributed by atoms with van der Waals surface area (Å²) in [6, 6.07) is 9.06. The molecular formula is C16H24N2O. The number of unbranched alkanes of at least 4 members (excludes halogenated alkanes) is 1. The highest BCUT2D eigenvalue weighted by Crippen LogP contribution is 2.19. The van der Waals surface area contributed by atoms with Crippen molar-refractivity contribution in [2.75, 3.05) is 13.7 Å². The fourth-order valence-electron chi connectivity index (χ4n) is 2.47. The number of hydrogen-bond donors (Lipinski definition) is 1. The van der Waals surface area contributed by atoms with Crippen LogP contribution in [0.4, 0.5) is 0 Å². The van der Waals surface area contributed by atoms with Crippen LogP contribution in [0.2, 0.25) is 0 Å². The van der Waals surface area contributed by atoms with Crippen LogP contribution in [0.1, 0.15) is 25.3 Å². The zero-order valence-electron chi connectivity index (χ0n) is 11.9. The molecule has 19 heavy (non-hydrogen) atoms. The van der Waals surface area contributed by atoms with Gasteiger partial charge in [0, 0.05) is 38.0 Å². The first-order valence-corrected chi connectivity index (χ1v) is 7.03. The quantitative estimate of drug-likeness (QED) is 0.777. The van der Waals surface area contributed by atoms with Gasteiger partial charge in [0.2, 0.25) is 0 Å². The Bertz CT molecular complexity index is 516. The first kappa shape index (κ1) is 14.1. The van der Waals surface area contributed by atoms with Crippen LogP contribution >= 0.6 is 0 Å². The molecule has 0 fully saturated rings. The summed E-state index contributed by atoms with van der Waals surface area (Å²) in [7, 11) is 1.75. The van der Waals surface area contributed by atoms with Gasteiger partial charge in [0.05, 0.1) is 0 Å². The molecule has 1 aromatic heterocycles. The molecule has 2 N–H and O–H groups in total. The van der Waals surface area contributed by atoms with Gasteiger partial charge in [0.15, 0.2) is 0 Å². The molecule has 0 bridgehead atoms. The van der Waals surface area contributed by atoms with Crippen LogP contribution in [0.15, 0.2) is 30.5 Å². The molecule has 0 aliphatic rings. The standard InChI is InChI=1S/C16H24N2O/c1-13(17)11-14-5-6-16-15(12-14)7-9-18(16)8-3-4-10-19-2/h5-7,9,12-13H,3-4,8,10-11,17H2,1-2H3. The molecule has 0 amide bonds. The van der Waals surface area contributed by atoms with Gasteiger partial charge < -0.3 is 15.0 Å². The van der Waals surface area contributed by atoms with E-state index < -0.39 is 0 Å². The van der Waals surface area contributed by atoms with Crippen LogP contribution < -0.4 is 5.73 Å². The molecule has 0 aliphatic heterocycles. The largest absolute Gasteiger partial charge is 0.385 e. The smallest absolute Gasteiger partial charge is 0.0480 e. The second kappa shape index (κ2) is 6.73. The summed E-state index contributed by atoms with van der Waals surface area (Å²) in [6.45, 7) is 3.95. The van der Waals surface area contributed by atoms with Gasteiger partial charge in [-0.2, -0.15) is 0 Å². The van der Waals surface area contributed by atoms with Crippen LogP contribution in [0.25, 0.3) is 10.9 Å². The maximum Gasteiger partial charge on any atom is 0.0480 e. The number of hydrogen-bond acceptors (Lipinski definition) is 2. The van der Waals surface area contributed by atoms with Crippen LogP contribution in [0, 0.1) is 0 Å². The summed E-state index contributed by atoms with van der Waals surface area (Å²) in [5.41, 5.74) is 8.48. The van der Waals surface area contributed by atoms with E-state index in [-0.39, 0.29) is 6.04 Å². The monoisotopic (exact) mass is 260 g/mol. The lowest BCUT2D eigenvalue weighted by Crippen LogP contribution is -2.17. The molecule has 0 spiro atoms. The SMILES string of the molecule is COCCCCn1ccc2cc(CC(C)N)ccc21. The third kappa shape index (κ3) is 3.82. The van der Waals surface area contributed by atoms with Crippen molar-refractivity contribution in [2.24, 2.45) is 5.73 Å². The second-order valence-corrected chi connectivity index (χ2v) is 5.28. The van der Waals surface area contributed by atoms with Crippen molar-refractivity contribution in [1.82, 2.24) is 4.57 Å². The average molecular weight is 260 g/mol. The lowest BCUT2D eigenvalue weighted by molar-refractivity contribution is 0.191. The topological polar surface area (TPSA) is 40.2 Å². The summed E-state index contributed by atoms with van der Waals surface area (Å²) in [5, 5.41) is 1.31. The number of methoxy groups -OCH3 is 1. The van der Waals surface area contributed by atoms with E-state index in [0.717, 1.165) is 32.4 Å². The number of aromatic nitrogens is 1. The minimum Gasteiger partial charge on any atom is -0.385 e. The van der Waals surface area contributed by atoms with Gasteiger partial charge in [0.1, 0.15) is 0 Å². The third-order valence-corrected chi connectivity index (χ3v) is 3.39. The van der Waals surface area contributed by atoms with E-state index in [9.17, 15) is 0 Å². The van der Waals surface area contributed by atoms with Crippen molar-refractivity contribution in [1.29, 1.82) is 0 Å². The Morgan fingerprint density at radius 3 is 2.84 bits per heavy atom. The fourth-order valence-corrected chi connectivity index (χ4v) is 2.47. The Labute approximate surface area is 115 Å². The number of nitrogens with two attached hydrogens (primary N) is 1. The molecule has 2 aromatic rings. The molecule has 3 nitrogen and oxygen atoms in total. The minimum atomic E-state index is 0.216. The molecule has 0 radical (unpaired) electrons. The Balaban J connectivity index is 2.06. The highest BCUT2D eigenvalue weighted by Gasteiger charge is 2.03. The van der Waals surface area contributed by atoms with Crippen molar-refractivity contribution in [3.8, 4) is 0 Å². The van der Waals surface area contributed by atoms with Crippen molar-refractivity contribution < 1.29 is 4.74 Å².